The van der Waals surface area contributed by atoms with Crippen LogP contribution in [-0.2, 0) is 19.4 Å². The fraction of sp³-hybridized carbons (Fsp3) is 0.241. The first kappa shape index (κ1) is 23.1. The van der Waals surface area contributed by atoms with Gasteiger partial charge in [-0.15, -0.1) is 11.3 Å². The first-order valence-electron chi connectivity index (χ1n) is 12.2. The van der Waals surface area contributed by atoms with Gasteiger partial charge < -0.3 is 14.5 Å². The summed E-state index contributed by atoms with van der Waals surface area (Å²) in [5.74, 6) is 1.48. The Labute approximate surface area is 217 Å². The molecule has 0 aliphatic heterocycles. The molecule has 6 rings (SSSR count). The van der Waals surface area contributed by atoms with Gasteiger partial charge in [0.2, 0.25) is 0 Å². The van der Waals surface area contributed by atoms with E-state index >= 15 is 0 Å². The third-order valence-electron chi connectivity index (χ3n) is 6.66. The van der Waals surface area contributed by atoms with Crippen molar-refractivity contribution in [3.05, 3.63) is 86.0 Å². The van der Waals surface area contributed by atoms with Crippen molar-refractivity contribution in [1.29, 1.82) is 0 Å². The van der Waals surface area contributed by atoms with Gasteiger partial charge >= 0.3 is 0 Å². The lowest BCUT2D eigenvalue weighted by molar-refractivity contribution is 0.270. The van der Waals surface area contributed by atoms with Crippen LogP contribution in [0, 0.1) is 0 Å². The molecule has 0 amide bonds. The smallest absolute Gasteiger partial charge is 0.260 e. The van der Waals surface area contributed by atoms with Gasteiger partial charge in [-0.25, -0.2) is 4.98 Å². The highest BCUT2D eigenvalue weighted by Gasteiger charge is 2.21. The van der Waals surface area contributed by atoms with Gasteiger partial charge in [0.25, 0.3) is 5.56 Å². The first-order chi connectivity index (χ1) is 17.6. The summed E-state index contributed by atoms with van der Waals surface area (Å²) in [7, 11) is 0. The minimum atomic E-state index is -0.0974. The van der Waals surface area contributed by atoms with Gasteiger partial charge in [0.15, 0.2) is 11.5 Å². The summed E-state index contributed by atoms with van der Waals surface area (Å²) in [5.41, 5.74) is 2.83. The second kappa shape index (κ2) is 9.60. The Balaban J connectivity index is 1.37. The maximum Gasteiger partial charge on any atom is 0.260 e. The van der Waals surface area contributed by atoms with E-state index in [4.69, 9.17) is 26.1 Å². The van der Waals surface area contributed by atoms with Crippen molar-refractivity contribution >= 4 is 43.9 Å². The molecule has 182 valence electrons. The van der Waals surface area contributed by atoms with Gasteiger partial charge in [-0.1, -0.05) is 54.1 Å². The summed E-state index contributed by atoms with van der Waals surface area (Å²) in [4.78, 5) is 22.9. The van der Waals surface area contributed by atoms with Crippen molar-refractivity contribution in [2.24, 2.45) is 0 Å². The Morgan fingerprint density at radius 1 is 1.06 bits per heavy atom. The molecule has 0 radical (unpaired) electrons. The van der Waals surface area contributed by atoms with Crippen LogP contribution in [0.5, 0.6) is 11.5 Å². The number of benzene rings is 3. The number of thiophene rings is 1. The van der Waals surface area contributed by atoms with E-state index in [-0.39, 0.29) is 5.56 Å². The zero-order chi connectivity index (χ0) is 24.6. The Bertz CT molecular complexity index is 1650. The number of nitrogens with zero attached hydrogens (tertiary/aromatic N) is 1. The molecule has 3 aromatic carbocycles. The maximum absolute atomic E-state index is 13.1. The molecule has 2 aromatic heterocycles. The molecular weight excluding hydrogens is 492 g/mol. The summed E-state index contributed by atoms with van der Waals surface area (Å²) in [5, 5.41) is 3.44. The zero-order valence-corrected chi connectivity index (χ0v) is 21.5. The topological polar surface area (TPSA) is 64.2 Å². The molecule has 0 saturated heterocycles. The summed E-state index contributed by atoms with van der Waals surface area (Å²) in [6.07, 6.45) is 4.25. The number of halogens is 1. The monoisotopic (exact) mass is 516 g/mol. The molecule has 5 aromatic rings. The highest BCUT2D eigenvalue weighted by molar-refractivity contribution is 7.18. The Kier molecular flexibility index (Phi) is 6.15. The quantitative estimate of drug-likeness (QED) is 0.257. The number of H-pyrrole nitrogens is 1. The fourth-order valence-electron chi connectivity index (χ4n) is 4.98. The van der Waals surface area contributed by atoms with E-state index in [0.29, 0.717) is 41.1 Å². The molecule has 2 heterocycles. The molecule has 0 atom stereocenters. The maximum atomic E-state index is 13.1. The standard InChI is InChI=1S/C29H25ClN2O3S/c1-2-34-23-15-19(27-31-28(33)25-21-12-5-6-13-24(21)36-29(25)32-27)14-22(30)26(23)35-16-18-10-7-9-17-8-3-4-11-20(17)18/h3-4,7-11,14-15H,2,5-6,12-13,16H2,1H3,(H,31,32,33). The predicted molar refractivity (Wildman–Crippen MR) is 147 cm³/mol. The predicted octanol–water partition coefficient (Wildman–Crippen LogP) is 7.31. The summed E-state index contributed by atoms with van der Waals surface area (Å²) in [6.45, 7) is 2.71. The second-order valence-electron chi connectivity index (χ2n) is 8.95. The van der Waals surface area contributed by atoms with Crippen molar-refractivity contribution in [3.8, 4) is 22.9 Å². The van der Waals surface area contributed by atoms with Crippen LogP contribution in [0.1, 0.15) is 35.8 Å². The van der Waals surface area contributed by atoms with E-state index in [1.165, 1.54) is 10.4 Å². The Hall–Kier alpha value is -3.35. The molecule has 5 nitrogen and oxygen atoms in total. The number of hydrogen-bond donors (Lipinski definition) is 1. The Morgan fingerprint density at radius 3 is 2.78 bits per heavy atom. The van der Waals surface area contributed by atoms with Gasteiger partial charge in [0, 0.05) is 10.4 Å². The molecule has 1 aliphatic rings. The van der Waals surface area contributed by atoms with Gasteiger partial charge in [0.05, 0.1) is 17.0 Å². The van der Waals surface area contributed by atoms with Crippen molar-refractivity contribution in [1.82, 2.24) is 9.97 Å². The highest BCUT2D eigenvalue weighted by Crippen LogP contribution is 2.40. The van der Waals surface area contributed by atoms with Gasteiger partial charge in [-0.05, 0) is 66.6 Å². The summed E-state index contributed by atoms with van der Waals surface area (Å²) < 4.78 is 12.1. The van der Waals surface area contributed by atoms with Crippen molar-refractivity contribution in [2.45, 2.75) is 39.2 Å². The third kappa shape index (κ3) is 4.14. The zero-order valence-electron chi connectivity index (χ0n) is 19.9. The number of aromatic nitrogens is 2. The fourth-order valence-corrected chi connectivity index (χ4v) is 6.50. The van der Waals surface area contributed by atoms with Crippen LogP contribution in [0.2, 0.25) is 5.02 Å². The molecule has 7 heteroatoms. The number of nitrogens with one attached hydrogen (secondary N) is 1. The second-order valence-corrected chi connectivity index (χ2v) is 10.4. The Morgan fingerprint density at radius 2 is 1.89 bits per heavy atom. The van der Waals surface area contributed by atoms with Gasteiger partial charge in [-0.3, -0.25) is 4.79 Å². The van der Waals surface area contributed by atoms with Crippen molar-refractivity contribution < 1.29 is 9.47 Å². The van der Waals surface area contributed by atoms with Crippen LogP contribution < -0.4 is 15.0 Å². The molecule has 36 heavy (non-hydrogen) atoms. The SMILES string of the molecule is CCOc1cc(-c2nc3sc4c(c3c(=O)[nH]2)CCCC4)cc(Cl)c1OCc1cccc2ccccc12. The van der Waals surface area contributed by atoms with E-state index < -0.39 is 0 Å². The molecule has 1 N–H and O–H groups in total. The highest BCUT2D eigenvalue weighted by atomic mass is 35.5. The summed E-state index contributed by atoms with van der Waals surface area (Å²) >= 11 is 8.35. The van der Waals surface area contributed by atoms with Gasteiger partial charge in [0.1, 0.15) is 17.3 Å². The number of aromatic amines is 1. The third-order valence-corrected chi connectivity index (χ3v) is 8.13. The van der Waals surface area contributed by atoms with Gasteiger partial charge in [-0.2, -0.15) is 0 Å². The molecule has 0 saturated carbocycles. The first-order valence-corrected chi connectivity index (χ1v) is 13.4. The number of hydrogen-bond acceptors (Lipinski definition) is 5. The molecular formula is C29H25ClN2O3S. The normalized spacial score (nSPS) is 13.2. The molecule has 0 fully saturated rings. The van der Waals surface area contributed by atoms with E-state index in [9.17, 15) is 4.79 Å². The van der Waals surface area contributed by atoms with Crippen LogP contribution in [0.4, 0.5) is 0 Å². The van der Waals surface area contributed by atoms with E-state index in [1.807, 2.05) is 31.2 Å². The van der Waals surface area contributed by atoms with Crippen LogP contribution in [0.25, 0.3) is 32.4 Å². The van der Waals surface area contributed by atoms with Crippen molar-refractivity contribution in [2.75, 3.05) is 6.61 Å². The van der Waals surface area contributed by atoms with Crippen LogP contribution in [0.3, 0.4) is 0 Å². The van der Waals surface area contributed by atoms with Crippen LogP contribution >= 0.6 is 22.9 Å². The average molecular weight is 517 g/mol. The lowest BCUT2D eigenvalue weighted by atomic mass is 9.97. The number of ether oxygens (including phenoxy) is 2. The van der Waals surface area contributed by atoms with E-state index in [2.05, 4.69) is 29.2 Å². The number of rotatable bonds is 6. The van der Waals surface area contributed by atoms with Crippen LogP contribution in [0.15, 0.2) is 59.4 Å². The van der Waals surface area contributed by atoms with E-state index in [0.717, 1.165) is 52.2 Å². The summed E-state index contributed by atoms with van der Waals surface area (Å²) in [6, 6.07) is 18.0. The number of fused-ring (bicyclic) bond motifs is 4. The molecule has 1 aliphatic carbocycles. The minimum absolute atomic E-state index is 0.0974. The average Bonchev–Trinajstić information content (AvgIpc) is 3.27. The molecule has 0 bridgehead atoms. The minimum Gasteiger partial charge on any atom is -0.490 e. The lowest BCUT2D eigenvalue weighted by Gasteiger charge is -2.16. The van der Waals surface area contributed by atoms with Crippen molar-refractivity contribution in [3.63, 3.8) is 0 Å². The van der Waals surface area contributed by atoms with Crippen LogP contribution in [-0.4, -0.2) is 16.6 Å². The number of aryl methyl sites for hydroxylation is 2. The largest absolute Gasteiger partial charge is 0.490 e. The molecule has 0 spiro atoms. The van der Waals surface area contributed by atoms with E-state index in [1.54, 1.807) is 17.4 Å². The lowest BCUT2D eigenvalue weighted by Crippen LogP contribution is -2.11. The molecule has 0 unspecified atom stereocenters.